The maximum absolute atomic E-state index is 12.4. The maximum atomic E-state index is 12.4. The van der Waals surface area contributed by atoms with Gasteiger partial charge in [0.15, 0.2) is 18.7 Å². The number of esters is 1. The quantitative estimate of drug-likeness (QED) is 0.167. The van der Waals surface area contributed by atoms with Gasteiger partial charge in [0.1, 0.15) is 31.5 Å². The van der Waals surface area contributed by atoms with Gasteiger partial charge in [-0.1, -0.05) is 18.2 Å². The van der Waals surface area contributed by atoms with E-state index in [0.717, 1.165) is 6.26 Å². The molecule has 8 atom stereocenters. The van der Waals surface area contributed by atoms with Crippen molar-refractivity contribution < 1.29 is 58.6 Å². The second-order valence-corrected chi connectivity index (χ2v) is 8.41. The van der Waals surface area contributed by atoms with Crippen LogP contribution in [0.25, 0.3) is 6.08 Å². The van der Waals surface area contributed by atoms with E-state index in [4.69, 9.17) is 18.9 Å². The van der Waals surface area contributed by atoms with Crippen molar-refractivity contribution in [3.05, 3.63) is 60.2 Å². The third kappa shape index (κ3) is 5.81. The summed E-state index contributed by atoms with van der Waals surface area (Å²) in [4.78, 5) is 23.7. The van der Waals surface area contributed by atoms with Gasteiger partial charge in [-0.15, -0.1) is 6.58 Å². The first kappa shape index (κ1) is 27.5. The molecular weight excluding hydrogens is 478 g/mol. The predicted octanol–water partition coefficient (Wildman–Crippen LogP) is -2.46. The Morgan fingerprint density at radius 3 is 2.53 bits per heavy atom. The lowest BCUT2D eigenvalue weighted by atomic mass is 9.83. The first-order valence-electron chi connectivity index (χ1n) is 11.0. The van der Waals surface area contributed by atoms with Crippen LogP contribution in [0.3, 0.4) is 0 Å². The summed E-state index contributed by atoms with van der Waals surface area (Å²) in [6.45, 7) is 3.15. The number of aromatic nitrogens is 1. The van der Waals surface area contributed by atoms with Crippen LogP contribution in [0.2, 0.25) is 0 Å². The summed E-state index contributed by atoms with van der Waals surface area (Å²) >= 11 is 0. The van der Waals surface area contributed by atoms with Crippen LogP contribution in [0.1, 0.15) is 15.9 Å². The van der Waals surface area contributed by atoms with Gasteiger partial charge < -0.3 is 49.3 Å². The van der Waals surface area contributed by atoms with E-state index in [1.165, 1.54) is 25.4 Å². The Hall–Kier alpha value is -3.13. The second kappa shape index (κ2) is 11.7. The molecule has 0 spiro atoms. The molecule has 0 aliphatic carbocycles. The Kier molecular flexibility index (Phi) is 8.95. The van der Waals surface area contributed by atoms with Crippen LogP contribution in [-0.2, 0) is 30.8 Å². The average molecular weight is 507 g/mol. The lowest BCUT2D eigenvalue weighted by molar-refractivity contribution is -0.671. The van der Waals surface area contributed by atoms with Gasteiger partial charge in [-0.2, -0.15) is 0 Å². The Labute approximate surface area is 206 Å². The summed E-state index contributed by atoms with van der Waals surface area (Å²) in [5.74, 6) is -3.50. The molecule has 2 aliphatic rings. The molecule has 196 valence electrons. The topological polar surface area (TPSA) is 179 Å². The first-order chi connectivity index (χ1) is 17.1. The first-order valence-corrected chi connectivity index (χ1v) is 11.0. The number of aliphatic hydroxyl groups is 4. The molecule has 3 rings (SSSR count). The molecule has 2 aliphatic heterocycles. The normalized spacial score (nSPS) is 32.4. The van der Waals surface area contributed by atoms with Crippen LogP contribution in [0, 0.1) is 11.8 Å². The van der Waals surface area contributed by atoms with Crippen molar-refractivity contribution in [2.45, 2.75) is 37.0 Å². The number of carbonyl (C=O) groups is 2. The number of hydrogen-bond donors (Lipinski definition) is 4. The number of ether oxygens (including phenoxy) is 4. The molecule has 0 bridgehead atoms. The van der Waals surface area contributed by atoms with E-state index in [9.17, 15) is 35.1 Å². The summed E-state index contributed by atoms with van der Waals surface area (Å²) in [6.07, 6.45) is 0.138. The van der Waals surface area contributed by atoms with E-state index in [1.807, 2.05) is 0 Å². The fourth-order valence-corrected chi connectivity index (χ4v) is 4.08. The van der Waals surface area contributed by atoms with Gasteiger partial charge in [-0.3, -0.25) is 0 Å². The molecule has 0 aromatic carbocycles. The Morgan fingerprint density at radius 2 is 1.92 bits per heavy atom. The van der Waals surface area contributed by atoms with Crippen molar-refractivity contribution >= 4 is 18.0 Å². The number of hydrogen-bond acceptors (Lipinski definition) is 11. The minimum absolute atomic E-state index is 0.0422. The zero-order chi connectivity index (χ0) is 26.6. The van der Waals surface area contributed by atoms with Crippen LogP contribution in [0.4, 0.5) is 0 Å². The van der Waals surface area contributed by atoms with Crippen molar-refractivity contribution in [3.63, 3.8) is 0 Å². The van der Waals surface area contributed by atoms with Crippen molar-refractivity contribution in [2.24, 2.45) is 18.9 Å². The zero-order valence-corrected chi connectivity index (χ0v) is 19.7. The van der Waals surface area contributed by atoms with E-state index >= 15 is 0 Å². The molecular formula is C24H29NO11. The SMILES string of the molecule is C=C[C@H]1[C@H](O[C@@H]2O[C@H](CO)[C@@H](O)[C@H](O)[C@H]2O)OC=C(C(=O)OC)[C@H]1/C=C/c1cc(C(=O)[O-])c[n+](C)c1. The van der Waals surface area contributed by atoms with Crippen LogP contribution in [0.15, 0.2) is 49.0 Å². The molecule has 3 heterocycles. The summed E-state index contributed by atoms with van der Waals surface area (Å²) in [6, 6.07) is 1.40. The van der Waals surface area contributed by atoms with E-state index in [0.29, 0.717) is 5.56 Å². The highest BCUT2D eigenvalue weighted by Crippen LogP contribution is 2.36. The molecule has 4 N–H and O–H groups in total. The van der Waals surface area contributed by atoms with Crippen LogP contribution >= 0.6 is 0 Å². The fourth-order valence-electron chi connectivity index (χ4n) is 4.08. The largest absolute Gasteiger partial charge is 0.545 e. The Morgan fingerprint density at radius 1 is 1.19 bits per heavy atom. The summed E-state index contributed by atoms with van der Waals surface area (Å²) < 4.78 is 23.1. The number of carbonyl (C=O) groups excluding carboxylic acids is 2. The number of pyridine rings is 1. The molecule has 36 heavy (non-hydrogen) atoms. The predicted molar refractivity (Wildman–Crippen MR) is 118 cm³/mol. The number of aliphatic hydroxyl groups excluding tert-OH is 4. The maximum Gasteiger partial charge on any atom is 0.337 e. The van der Waals surface area contributed by atoms with Gasteiger partial charge >= 0.3 is 5.97 Å². The minimum atomic E-state index is -1.66. The van der Waals surface area contributed by atoms with E-state index in [1.54, 1.807) is 30.0 Å². The summed E-state index contributed by atoms with van der Waals surface area (Å²) in [5, 5.41) is 51.1. The van der Waals surface area contributed by atoms with Crippen molar-refractivity contribution in [1.82, 2.24) is 0 Å². The minimum Gasteiger partial charge on any atom is -0.545 e. The monoisotopic (exact) mass is 507 g/mol. The van der Waals surface area contributed by atoms with Gasteiger partial charge in [-0.05, 0) is 6.07 Å². The van der Waals surface area contributed by atoms with Gasteiger partial charge in [0, 0.05) is 11.5 Å². The van der Waals surface area contributed by atoms with Crippen LogP contribution in [0.5, 0.6) is 0 Å². The second-order valence-electron chi connectivity index (χ2n) is 8.41. The fraction of sp³-hybridized carbons (Fsp3) is 0.458. The highest BCUT2D eigenvalue weighted by atomic mass is 16.8. The molecule has 1 saturated heterocycles. The number of carboxylic acids is 1. The molecule has 0 amide bonds. The number of allylic oxidation sites excluding steroid dienone is 1. The van der Waals surface area contributed by atoms with Gasteiger partial charge in [-0.25, -0.2) is 9.36 Å². The highest BCUT2D eigenvalue weighted by Gasteiger charge is 2.47. The molecule has 12 nitrogen and oxygen atoms in total. The zero-order valence-electron chi connectivity index (χ0n) is 19.7. The van der Waals surface area contributed by atoms with E-state index < -0.39 is 67.4 Å². The van der Waals surface area contributed by atoms with Crippen molar-refractivity contribution in [1.29, 1.82) is 0 Å². The van der Waals surface area contributed by atoms with Gasteiger partial charge in [0.2, 0.25) is 6.29 Å². The number of rotatable bonds is 8. The Bertz CT molecular complexity index is 1040. The van der Waals surface area contributed by atoms with Crippen LogP contribution < -0.4 is 9.67 Å². The molecule has 0 unspecified atom stereocenters. The summed E-state index contributed by atoms with van der Waals surface area (Å²) in [7, 11) is 2.85. The van der Waals surface area contributed by atoms with E-state index in [-0.39, 0.29) is 11.1 Å². The van der Waals surface area contributed by atoms with Gasteiger partial charge in [0.25, 0.3) is 0 Å². The molecule has 12 heteroatoms. The number of nitrogens with zero attached hydrogens (tertiary/aromatic N) is 1. The lowest BCUT2D eigenvalue weighted by Gasteiger charge is -2.42. The highest BCUT2D eigenvalue weighted by molar-refractivity contribution is 5.89. The number of aromatic carboxylic acids is 1. The molecule has 1 aromatic heterocycles. The molecule has 1 aromatic rings. The van der Waals surface area contributed by atoms with Crippen LogP contribution in [-0.4, -0.2) is 83.1 Å². The van der Waals surface area contributed by atoms with Gasteiger partial charge in [0.05, 0.1) is 43.0 Å². The van der Waals surface area contributed by atoms with Crippen molar-refractivity contribution in [3.8, 4) is 0 Å². The number of carboxylic acid groups (broad SMARTS) is 1. The molecule has 1 fully saturated rings. The summed E-state index contributed by atoms with van der Waals surface area (Å²) in [5.41, 5.74) is 0.580. The average Bonchev–Trinajstić information content (AvgIpc) is 2.86. The third-order valence-corrected chi connectivity index (χ3v) is 5.98. The number of aryl methyl sites for hydroxylation is 1. The lowest BCUT2D eigenvalue weighted by Crippen LogP contribution is -2.60. The smallest absolute Gasteiger partial charge is 0.337 e. The van der Waals surface area contributed by atoms with E-state index in [2.05, 4.69) is 6.58 Å². The number of methoxy groups -OCH3 is 1. The third-order valence-electron chi connectivity index (χ3n) is 5.98. The Balaban J connectivity index is 1.91. The molecule has 0 saturated carbocycles. The standard InChI is InChI=1S/C24H29NO11/c1-4-14-15(6-5-12-7-13(21(30)31)9-25(2)8-12)16(22(32)33-3)11-34-23(14)36-24-20(29)19(28)18(27)17(10-26)35-24/h4-9,11,14-15,17-20,23-24,26-29H,1,10H2,2-3H3/b6-5+/t14-,15+,17-,18-,19+,20-,23+,24+/m1/s1. The van der Waals surface area contributed by atoms with Crippen molar-refractivity contribution in [2.75, 3.05) is 13.7 Å². The molecule has 0 radical (unpaired) electrons.